The number of hydroxylamine groups is 1. The lowest BCUT2D eigenvalue weighted by molar-refractivity contribution is -0.116. The lowest BCUT2D eigenvalue weighted by atomic mass is 9.89. The van der Waals surface area contributed by atoms with Gasteiger partial charge in [0.1, 0.15) is 0 Å². The summed E-state index contributed by atoms with van der Waals surface area (Å²) in [6, 6.07) is 3.34. The Morgan fingerprint density at radius 1 is 1.29 bits per heavy atom. The smallest absolute Gasteiger partial charge is 0.284 e. The monoisotopic (exact) mass is 308 g/mol. The number of thiophene rings is 1. The first-order valence-corrected chi connectivity index (χ1v) is 8.01. The van der Waals surface area contributed by atoms with Crippen LogP contribution in [0.5, 0.6) is 0 Å². The van der Waals surface area contributed by atoms with Gasteiger partial charge in [0.25, 0.3) is 5.91 Å². The van der Waals surface area contributed by atoms with E-state index in [1.54, 1.807) is 23.7 Å². The largest absolute Gasteiger partial charge is 0.352 e. The van der Waals surface area contributed by atoms with Gasteiger partial charge in [-0.15, -0.1) is 11.3 Å². The summed E-state index contributed by atoms with van der Waals surface area (Å²) in [6.07, 6.45) is 9.41. The van der Waals surface area contributed by atoms with Crippen LogP contribution in [-0.4, -0.2) is 23.6 Å². The Labute approximate surface area is 128 Å². The highest BCUT2D eigenvalue weighted by Gasteiger charge is 2.13. The highest BCUT2D eigenvalue weighted by molar-refractivity contribution is 7.14. The van der Waals surface area contributed by atoms with Gasteiger partial charge in [0, 0.05) is 17.5 Å². The number of hydrogen-bond donors (Lipinski definition) is 3. The van der Waals surface area contributed by atoms with Crippen molar-refractivity contribution in [1.29, 1.82) is 0 Å². The van der Waals surface area contributed by atoms with Crippen molar-refractivity contribution >= 4 is 29.2 Å². The summed E-state index contributed by atoms with van der Waals surface area (Å²) >= 11 is 1.21. The molecule has 1 fully saturated rings. The van der Waals surface area contributed by atoms with Crippen LogP contribution in [0.2, 0.25) is 0 Å². The number of amides is 2. The van der Waals surface area contributed by atoms with Crippen molar-refractivity contribution in [2.24, 2.45) is 5.92 Å². The van der Waals surface area contributed by atoms with Gasteiger partial charge in [-0.1, -0.05) is 19.3 Å². The minimum absolute atomic E-state index is 0.109. The van der Waals surface area contributed by atoms with E-state index in [2.05, 4.69) is 5.32 Å². The molecule has 1 aliphatic rings. The lowest BCUT2D eigenvalue weighted by Gasteiger charge is -2.21. The fourth-order valence-corrected chi connectivity index (χ4v) is 3.27. The zero-order valence-corrected chi connectivity index (χ0v) is 12.6. The summed E-state index contributed by atoms with van der Waals surface area (Å²) in [5.41, 5.74) is 1.58. The van der Waals surface area contributed by atoms with E-state index >= 15 is 0 Å². The molecule has 1 aromatic heterocycles. The standard InChI is InChI=1S/C15H20N2O3S/c18-14(16-10-11-4-2-1-3-5-11)9-7-12-6-8-13(21-12)15(19)17-20/h6-9,11,20H,1-5,10H2,(H,16,18)(H,17,19)/b9-7+. The molecule has 2 amide bonds. The van der Waals surface area contributed by atoms with Crippen molar-refractivity contribution in [3.63, 3.8) is 0 Å². The third-order valence-corrected chi connectivity index (χ3v) is 4.69. The predicted molar refractivity (Wildman–Crippen MR) is 82.2 cm³/mol. The van der Waals surface area contributed by atoms with Crippen molar-refractivity contribution in [2.45, 2.75) is 32.1 Å². The van der Waals surface area contributed by atoms with Gasteiger partial charge in [0.05, 0.1) is 4.88 Å². The van der Waals surface area contributed by atoms with E-state index in [0.717, 1.165) is 11.4 Å². The van der Waals surface area contributed by atoms with Crippen LogP contribution in [0, 0.1) is 5.92 Å². The quantitative estimate of drug-likeness (QED) is 0.444. The number of hydrogen-bond acceptors (Lipinski definition) is 4. The van der Waals surface area contributed by atoms with E-state index in [-0.39, 0.29) is 5.91 Å². The maximum atomic E-state index is 11.7. The van der Waals surface area contributed by atoms with E-state index in [4.69, 9.17) is 5.21 Å². The van der Waals surface area contributed by atoms with Crippen molar-refractivity contribution < 1.29 is 14.8 Å². The molecule has 1 aliphatic carbocycles. The Hall–Kier alpha value is -1.66. The molecule has 2 rings (SSSR count). The first-order valence-electron chi connectivity index (χ1n) is 7.19. The zero-order valence-electron chi connectivity index (χ0n) is 11.8. The molecule has 0 bridgehead atoms. The minimum atomic E-state index is -0.540. The molecule has 0 atom stereocenters. The first kappa shape index (κ1) is 15.7. The topological polar surface area (TPSA) is 78.4 Å². The molecule has 6 heteroatoms. The van der Waals surface area contributed by atoms with Gasteiger partial charge in [0.15, 0.2) is 0 Å². The number of rotatable bonds is 5. The fraction of sp³-hybridized carbons (Fsp3) is 0.467. The van der Waals surface area contributed by atoms with E-state index < -0.39 is 5.91 Å². The van der Waals surface area contributed by atoms with Gasteiger partial charge in [-0.3, -0.25) is 14.8 Å². The molecule has 1 aromatic rings. The highest BCUT2D eigenvalue weighted by atomic mass is 32.1. The molecule has 3 N–H and O–H groups in total. The highest BCUT2D eigenvalue weighted by Crippen LogP contribution is 2.22. The Bertz CT molecular complexity index is 519. The van der Waals surface area contributed by atoms with Crippen molar-refractivity contribution in [2.75, 3.05) is 6.54 Å². The summed E-state index contributed by atoms with van der Waals surface area (Å²) in [6.45, 7) is 0.742. The van der Waals surface area contributed by atoms with Crippen LogP contribution >= 0.6 is 11.3 Å². The minimum Gasteiger partial charge on any atom is -0.352 e. The summed E-state index contributed by atoms with van der Waals surface area (Å²) < 4.78 is 0. The zero-order chi connectivity index (χ0) is 15.1. The Morgan fingerprint density at radius 2 is 2.05 bits per heavy atom. The maximum absolute atomic E-state index is 11.7. The van der Waals surface area contributed by atoms with Crippen molar-refractivity contribution in [3.05, 3.63) is 28.0 Å². The Balaban J connectivity index is 1.78. The van der Waals surface area contributed by atoms with E-state index in [9.17, 15) is 9.59 Å². The SMILES string of the molecule is O=C(/C=C/c1ccc(C(=O)NO)s1)NCC1CCCCC1. The molecule has 0 unspecified atom stereocenters. The third-order valence-electron chi connectivity index (χ3n) is 3.64. The van der Waals surface area contributed by atoms with Crippen molar-refractivity contribution in [3.8, 4) is 0 Å². The lowest BCUT2D eigenvalue weighted by Crippen LogP contribution is -2.28. The number of carbonyl (C=O) groups excluding carboxylic acids is 2. The fourth-order valence-electron chi connectivity index (χ4n) is 2.47. The van der Waals surface area contributed by atoms with Crippen LogP contribution in [0.3, 0.4) is 0 Å². The second kappa shape index (κ2) is 7.95. The molecule has 0 spiro atoms. The Kier molecular flexibility index (Phi) is 5.95. The number of carbonyl (C=O) groups is 2. The molecule has 5 nitrogen and oxygen atoms in total. The van der Waals surface area contributed by atoms with Gasteiger partial charge in [0.2, 0.25) is 5.91 Å². The van der Waals surface area contributed by atoms with E-state index in [1.807, 2.05) is 0 Å². The Morgan fingerprint density at radius 3 is 2.76 bits per heavy atom. The molecular weight excluding hydrogens is 288 g/mol. The molecule has 1 heterocycles. The normalized spacial score (nSPS) is 16.0. The molecule has 0 radical (unpaired) electrons. The van der Waals surface area contributed by atoms with Crippen LogP contribution < -0.4 is 10.8 Å². The molecule has 21 heavy (non-hydrogen) atoms. The molecular formula is C15H20N2O3S. The van der Waals surface area contributed by atoms with Gasteiger partial charge < -0.3 is 5.32 Å². The number of nitrogens with one attached hydrogen (secondary N) is 2. The molecule has 1 saturated carbocycles. The summed E-state index contributed by atoms with van der Waals surface area (Å²) in [7, 11) is 0. The second-order valence-electron chi connectivity index (χ2n) is 5.23. The van der Waals surface area contributed by atoms with E-state index in [1.165, 1.54) is 49.5 Å². The van der Waals surface area contributed by atoms with Gasteiger partial charge >= 0.3 is 0 Å². The van der Waals surface area contributed by atoms with Crippen molar-refractivity contribution in [1.82, 2.24) is 10.8 Å². The van der Waals surface area contributed by atoms with Gasteiger partial charge in [-0.25, -0.2) is 5.48 Å². The van der Waals surface area contributed by atoms with Crippen LogP contribution in [0.1, 0.15) is 46.7 Å². The van der Waals surface area contributed by atoms with Gasteiger partial charge in [-0.05, 0) is 37.0 Å². The average molecular weight is 308 g/mol. The van der Waals surface area contributed by atoms with Gasteiger partial charge in [-0.2, -0.15) is 0 Å². The average Bonchev–Trinajstić information content (AvgIpc) is 3.00. The molecule has 114 valence electrons. The molecule has 0 saturated heterocycles. The summed E-state index contributed by atoms with van der Waals surface area (Å²) in [5.74, 6) is -0.0405. The summed E-state index contributed by atoms with van der Waals surface area (Å²) in [4.78, 5) is 24.1. The molecule has 0 aliphatic heterocycles. The van der Waals surface area contributed by atoms with Crippen LogP contribution in [0.25, 0.3) is 6.08 Å². The summed E-state index contributed by atoms with van der Waals surface area (Å²) in [5, 5.41) is 11.5. The maximum Gasteiger partial charge on any atom is 0.284 e. The molecule has 0 aromatic carbocycles. The van der Waals surface area contributed by atoms with Crippen LogP contribution in [-0.2, 0) is 4.79 Å². The second-order valence-corrected chi connectivity index (χ2v) is 6.34. The van der Waals surface area contributed by atoms with Crippen LogP contribution in [0.4, 0.5) is 0 Å². The van der Waals surface area contributed by atoms with Crippen LogP contribution in [0.15, 0.2) is 18.2 Å². The van der Waals surface area contributed by atoms with E-state index in [0.29, 0.717) is 10.8 Å². The first-order chi connectivity index (χ1) is 10.2. The third kappa shape index (κ3) is 4.99. The predicted octanol–water partition coefficient (Wildman–Crippen LogP) is 2.58.